The van der Waals surface area contributed by atoms with Crippen molar-refractivity contribution in [3.8, 4) is 0 Å². The van der Waals surface area contributed by atoms with Crippen LogP contribution in [0.25, 0.3) is 0 Å². The molecule has 0 aliphatic rings. The van der Waals surface area contributed by atoms with Gasteiger partial charge >= 0.3 is 6.03 Å². The van der Waals surface area contributed by atoms with Gasteiger partial charge in [-0.25, -0.2) is 4.79 Å². The third-order valence-electron chi connectivity index (χ3n) is 3.64. The first-order valence-corrected chi connectivity index (χ1v) is 8.26. The molecule has 0 spiro atoms. The van der Waals surface area contributed by atoms with Crippen LogP contribution in [-0.4, -0.2) is 49.1 Å². The Labute approximate surface area is 144 Å². The molecule has 2 N–H and O–H groups in total. The van der Waals surface area contributed by atoms with E-state index in [1.54, 1.807) is 6.20 Å². The lowest BCUT2D eigenvalue weighted by molar-refractivity contribution is 0.232. The molecule has 2 rings (SSSR count). The average molecular weight is 326 g/mol. The average Bonchev–Trinajstić information content (AvgIpc) is 2.56. The molecule has 0 fully saturated rings. The predicted octanol–water partition coefficient (Wildman–Crippen LogP) is 2.10. The van der Waals surface area contributed by atoms with Gasteiger partial charge in [-0.2, -0.15) is 0 Å². The Morgan fingerprint density at radius 3 is 2.54 bits per heavy atom. The molecule has 0 radical (unpaired) electrons. The van der Waals surface area contributed by atoms with Crippen molar-refractivity contribution in [1.82, 2.24) is 20.5 Å². The summed E-state index contributed by atoms with van der Waals surface area (Å²) in [5, 5.41) is 5.98. The van der Waals surface area contributed by atoms with Crippen molar-refractivity contribution in [1.29, 1.82) is 0 Å². The van der Waals surface area contributed by atoms with Gasteiger partial charge in [0, 0.05) is 37.4 Å². The van der Waals surface area contributed by atoms with E-state index in [4.69, 9.17) is 0 Å². The number of nitrogens with one attached hydrogen (secondary N) is 2. The van der Waals surface area contributed by atoms with Crippen LogP contribution in [0, 0.1) is 0 Å². The number of pyridine rings is 1. The first-order chi connectivity index (χ1) is 11.6. The summed E-state index contributed by atoms with van der Waals surface area (Å²) in [4.78, 5) is 18.5. The van der Waals surface area contributed by atoms with Crippen LogP contribution < -0.4 is 10.6 Å². The highest BCUT2D eigenvalue weighted by Crippen LogP contribution is 2.04. The van der Waals surface area contributed by atoms with E-state index in [1.807, 2.05) is 50.5 Å². The second kappa shape index (κ2) is 9.67. The number of benzene rings is 1. The fraction of sp³-hybridized carbons (Fsp3) is 0.368. The second-order valence-electron chi connectivity index (χ2n) is 6.12. The summed E-state index contributed by atoms with van der Waals surface area (Å²) >= 11 is 0. The Morgan fingerprint density at radius 1 is 1.12 bits per heavy atom. The van der Waals surface area contributed by atoms with Gasteiger partial charge in [0.15, 0.2) is 0 Å². The Bertz CT molecular complexity index is 601. The normalized spacial score (nSPS) is 12.0. The number of rotatable bonds is 8. The number of hydrogen-bond acceptors (Lipinski definition) is 3. The van der Waals surface area contributed by atoms with Crippen LogP contribution in [0.3, 0.4) is 0 Å². The van der Waals surface area contributed by atoms with Crippen molar-refractivity contribution in [3.63, 3.8) is 0 Å². The van der Waals surface area contributed by atoms with Crippen molar-refractivity contribution in [2.75, 3.05) is 27.2 Å². The lowest BCUT2D eigenvalue weighted by Crippen LogP contribution is -2.47. The molecule has 2 aromatic rings. The maximum Gasteiger partial charge on any atom is 0.315 e. The number of aromatic nitrogens is 1. The lowest BCUT2D eigenvalue weighted by Gasteiger charge is -2.22. The summed E-state index contributed by atoms with van der Waals surface area (Å²) in [6.45, 7) is 1.37. The van der Waals surface area contributed by atoms with Crippen molar-refractivity contribution in [2.24, 2.45) is 0 Å². The van der Waals surface area contributed by atoms with Crippen LogP contribution in [0.1, 0.15) is 11.3 Å². The molecule has 24 heavy (non-hydrogen) atoms. The number of hydrogen-bond donors (Lipinski definition) is 2. The molecule has 0 saturated heterocycles. The van der Waals surface area contributed by atoms with Crippen LogP contribution in [0.5, 0.6) is 0 Å². The molecule has 5 heteroatoms. The molecular weight excluding hydrogens is 300 g/mol. The topological polar surface area (TPSA) is 57.3 Å². The number of likely N-dealkylation sites (N-methyl/N-ethyl adjacent to an activating group) is 1. The summed E-state index contributed by atoms with van der Waals surface area (Å²) < 4.78 is 0. The van der Waals surface area contributed by atoms with Gasteiger partial charge < -0.3 is 15.5 Å². The third-order valence-corrected chi connectivity index (χ3v) is 3.64. The van der Waals surface area contributed by atoms with E-state index in [9.17, 15) is 4.79 Å². The summed E-state index contributed by atoms with van der Waals surface area (Å²) in [6, 6.07) is 16.0. The largest absolute Gasteiger partial charge is 0.338 e. The summed E-state index contributed by atoms with van der Waals surface area (Å²) in [5.74, 6) is 0. The fourth-order valence-electron chi connectivity index (χ4n) is 2.59. The van der Waals surface area contributed by atoms with E-state index in [2.05, 4.69) is 32.7 Å². The minimum Gasteiger partial charge on any atom is -0.338 e. The Morgan fingerprint density at radius 2 is 1.88 bits per heavy atom. The summed E-state index contributed by atoms with van der Waals surface area (Å²) in [6.07, 6.45) is 3.31. The zero-order chi connectivity index (χ0) is 17.2. The summed E-state index contributed by atoms with van der Waals surface area (Å²) in [7, 11) is 4.03. The van der Waals surface area contributed by atoms with Gasteiger partial charge in [-0.15, -0.1) is 0 Å². The van der Waals surface area contributed by atoms with Gasteiger partial charge in [0.2, 0.25) is 0 Å². The number of amides is 2. The number of urea groups is 1. The van der Waals surface area contributed by atoms with Crippen LogP contribution in [0.15, 0.2) is 54.7 Å². The first-order valence-electron chi connectivity index (χ1n) is 8.26. The molecule has 0 unspecified atom stereocenters. The predicted molar refractivity (Wildman–Crippen MR) is 97.0 cm³/mol. The molecule has 1 heterocycles. The zero-order valence-electron chi connectivity index (χ0n) is 14.4. The van der Waals surface area contributed by atoms with Crippen LogP contribution in [0.4, 0.5) is 4.79 Å². The number of nitrogens with zero attached hydrogens (tertiary/aromatic N) is 2. The van der Waals surface area contributed by atoms with Gasteiger partial charge in [0.1, 0.15) is 0 Å². The lowest BCUT2D eigenvalue weighted by atomic mass is 10.1. The molecule has 1 aromatic carbocycles. The van der Waals surface area contributed by atoms with Crippen molar-refractivity contribution >= 4 is 6.03 Å². The third kappa shape index (κ3) is 6.79. The SMILES string of the molecule is CN(C)C[C@@H](Cc1ccccc1)NC(=O)NCCc1ccccn1. The highest BCUT2D eigenvalue weighted by Gasteiger charge is 2.13. The van der Waals surface area contributed by atoms with Gasteiger partial charge in [-0.1, -0.05) is 36.4 Å². The molecule has 128 valence electrons. The van der Waals surface area contributed by atoms with Gasteiger partial charge in [-0.05, 0) is 38.2 Å². The smallest absolute Gasteiger partial charge is 0.315 e. The van der Waals surface area contributed by atoms with E-state index >= 15 is 0 Å². The van der Waals surface area contributed by atoms with Crippen molar-refractivity contribution in [3.05, 3.63) is 66.0 Å². The van der Waals surface area contributed by atoms with Crippen LogP contribution in [0.2, 0.25) is 0 Å². The maximum absolute atomic E-state index is 12.2. The van der Waals surface area contributed by atoms with Gasteiger partial charge in [0.05, 0.1) is 0 Å². The number of carbonyl (C=O) groups excluding carboxylic acids is 1. The summed E-state index contributed by atoms with van der Waals surface area (Å²) in [5.41, 5.74) is 2.20. The maximum atomic E-state index is 12.2. The fourth-order valence-corrected chi connectivity index (χ4v) is 2.59. The molecule has 0 saturated carbocycles. The number of carbonyl (C=O) groups is 1. The standard InChI is InChI=1S/C19H26N4O/c1-23(2)15-18(14-16-8-4-3-5-9-16)22-19(24)21-13-11-17-10-6-7-12-20-17/h3-10,12,18H,11,13-15H2,1-2H3,(H2,21,22,24)/t18-/m1/s1. The molecule has 0 aliphatic heterocycles. The van der Waals surface area contributed by atoms with E-state index in [-0.39, 0.29) is 12.1 Å². The first kappa shape index (κ1) is 17.9. The monoisotopic (exact) mass is 326 g/mol. The van der Waals surface area contributed by atoms with Crippen LogP contribution in [-0.2, 0) is 12.8 Å². The van der Waals surface area contributed by atoms with E-state index in [0.717, 1.165) is 25.1 Å². The molecule has 5 nitrogen and oxygen atoms in total. The minimum atomic E-state index is -0.131. The molecule has 0 bridgehead atoms. The molecule has 0 aliphatic carbocycles. The minimum absolute atomic E-state index is 0.0669. The molecule has 2 amide bonds. The molecule has 1 atom stereocenters. The van der Waals surface area contributed by atoms with E-state index in [1.165, 1.54) is 5.56 Å². The Kier molecular flexibility index (Phi) is 7.23. The van der Waals surface area contributed by atoms with E-state index < -0.39 is 0 Å². The second-order valence-corrected chi connectivity index (χ2v) is 6.12. The van der Waals surface area contributed by atoms with Gasteiger partial charge in [-0.3, -0.25) is 4.98 Å². The molecule has 1 aromatic heterocycles. The van der Waals surface area contributed by atoms with E-state index in [0.29, 0.717) is 6.54 Å². The van der Waals surface area contributed by atoms with Crippen molar-refractivity contribution in [2.45, 2.75) is 18.9 Å². The Hall–Kier alpha value is -2.40. The quantitative estimate of drug-likeness (QED) is 0.781. The zero-order valence-corrected chi connectivity index (χ0v) is 14.4. The van der Waals surface area contributed by atoms with Crippen molar-refractivity contribution < 1.29 is 4.79 Å². The van der Waals surface area contributed by atoms with Crippen LogP contribution >= 0.6 is 0 Å². The van der Waals surface area contributed by atoms with Gasteiger partial charge in [0.25, 0.3) is 0 Å². The highest BCUT2D eigenvalue weighted by molar-refractivity contribution is 5.74. The molecular formula is C19H26N4O. The Balaban J connectivity index is 1.80. The highest BCUT2D eigenvalue weighted by atomic mass is 16.2.